The Morgan fingerprint density at radius 2 is 2.07 bits per heavy atom. The largest absolute Gasteiger partial charge is 0.454 e. The van der Waals surface area contributed by atoms with Crippen LogP contribution in [0, 0.1) is 5.92 Å². The number of carbonyl (C=O) groups excluding carboxylic acids is 1. The Balaban J connectivity index is 2.03. The zero-order valence-corrected chi connectivity index (χ0v) is 15.3. The molecule has 0 spiro atoms. The van der Waals surface area contributed by atoms with Crippen LogP contribution in [0.3, 0.4) is 0 Å². The number of ether oxygens (including phenoxy) is 2. The van der Waals surface area contributed by atoms with E-state index in [0.717, 1.165) is 10.6 Å². The molecule has 1 saturated heterocycles. The Morgan fingerprint density at radius 1 is 1.36 bits per heavy atom. The van der Waals surface area contributed by atoms with Gasteiger partial charge in [0.25, 0.3) is 5.56 Å². The molecule has 146 valence electrons. The number of azide groups is 1. The Bertz CT molecular complexity index is 1030. The van der Waals surface area contributed by atoms with Crippen molar-refractivity contribution in [3.05, 3.63) is 79.4 Å². The molecule has 1 aromatic carbocycles. The summed E-state index contributed by atoms with van der Waals surface area (Å²) in [7, 11) is 0. The van der Waals surface area contributed by atoms with Gasteiger partial charge in [-0.05, 0) is 24.1 Å². The quantitative estimate of drug-likeness (QED) is 0.364. The van der Waals surface area contributed by atoms with Crippen LogP contribution < -0.4 is 11.2 Å². The van der Waals surface area contributed by atoms with Gasteiger partial charge in [-0.2, -0.15) is 0 Å². The molecule has 2 aromatic rings. The van der Waals surface area contributed by atoms with Gasteiger partial charge in [-0.1, -0.05) is 37.2 Å². The van der Waals surface area contributed by atoms with Crippen molar-refractivity contribution in [3.63, 3.8) is 0 Å². The molecule has 4 atom stereocenters. The summed E-state index contributed by atoms with van der Waals surface area (Å²) in [6, 6.07) is 9.53. The van der Waals surface area contributed by atoms with E-state index >= 15 is 0 Å². The highest BCUT2D eigenvalue weighted by Crippen LogP contribution is 2.45. The number of nitrogens with one attached hydrogen (secondary N) is 1. The first-order valence-corrected chi connectivity index (χ1v) is 8.73. The van der Waals surface area contributed by atoms with Crippen molar-refractivity contribution in [2.75, 3.05) is 0 Å². The molecule has 1 aromatic heterocycles. The summed E-state index contributed by atoms with van der Waals surface area (Å²) >= 11 is 0. The molecule has 1 N–H and O–H groups in total. The van der Waals surface area contributed by atoms with Crippen LogP contribution in [-0.2, 0) is 9.47 Å². The van der Waals surface area contributed by atoms with E-state index in [4.69, 9.17) is 15.0 Å². The van der Waals surface area contributed by atoms with Gasteiger partial charge in [0.05, 0.1) is 5.56 Å². The third-order valence-corrected chi connectivity index (χ3v) is 4.91. The molecule has 0 bridgehead atoms. The fourth-order valence-corrected chi connectivity index (χ4v) is 3.32. The first-order chi connectivity index (χ1) is 13.4. The van der Waals surface area contributed by atoms with Crippen molar-refractivity contribution in [1.82, 2.24) is 9.55 Å². The minimum atomic E-state index is -1.31. The maximum Gasteiger partial charge on any atom is 0.338 e. The lowest BCUT2D eigenvalue weighted by molar-refractivity contribution is -0.0947. The number of rotatable bonds is 5. The van der Waals surface area contributed by atoms with Crippen LogP contribution in [0.4, 0.5) is 0 Å². The maximum absolute atomic E-state index is 12.6. The molecule has 1 aliphatic rings. The van der Waals surface area contributed by atoms with Crippen molar-refractivity contribution in [2.45, 2.75) is 38.3 Å². The normalized spacial score (nSPS) is 26.4. The lowest BCUT2D eigenvalue weighted by atomic mass is 9.92. The van der Waals surface area contributed by atoms with E-state index in [1.54, 1.807) is 44.2 Å². The topological polar surface area (TPSA) is 139 Å². The molecule has 10 heteroatoms. The number of nitrogens with zero attached hydrogens (tertiary/aromatic N) is 4. The van der Waals surface area contributed by atoms with Crippen LogP contribution in [0.1, 0.15) is 36.9 Å². The SMILES string of the molecule is CC[C@@]1(N=[N+]=[N-])OC(n2ccc(=O)[nH]c2=O)C(OC(=O)c2ccccc2)[C@@H]1C. The van der Waals surface area contributed by atoms with Crippen LogP contribution in [0.25, 0.3) is 10.4 Å². The third kappa shape index (κ3) is 3.42. The minimum Gasteiger partial charge on any atom is -0.454 e. The molecular formula is C18H19N5O5. The molecule has 28 heavy (non-hydrogen) atoms. The Morgan fingerprint density at radius 3 is 2.68 bits per heavy atom. The van der Waals surface area contributed by atoms with E-state index in [-0.39, 0.29) is 0 Å². The van der Waals surface area contributed by atoms with Gasteiger partial charge in [-0.3, -0.25) is 14.3 Å². The monoisotopic (exact) mass is 385 g/mol. The lowest BCUT2D eigenvalue weighted by Gasteiger charge is -2.26. The highest BCUT2D eigenvalue weighted by Gasteiger charge is 2.54. The number of hydrogen-bond acceptors (Lipinski definition) is 6. The van der Waals surface area contributed by atoms with Crippen molar-refractivity contribution < 1.29 is 14.3 Å². The van der Waals surface area contributed by atoms with E-state index in [1.807, 2.05) is 0 Å². The summed E-state index contributed by atoms with van der Waals surface area (Å²) in [6.07, 6.45) is -0.449. The Hall–Kier alpha value is -3.36. The summed E-state index contributed by atoms with van der Waals surface area (Å²) < 4.78 is 12.7. The van der Waals surface area contributed by atoms with E-state index in [0.29, 0.717) is 12.0 Å². The van der Waals surface area contributed by atoms with Gasteiger partial charge in [-0.25, -0.2) is 9.59 Å². The molecule has 3 rings (SSSR count). The number of aromatic nitrogens is 2. The molecule has 0 saturated carbocycles. The van der Waals surface area contributed by atoms with Gasteiger partial charge in [0, 0.05) is 23.1 Å². The molecule has 2 unspecified atom stereocenters. The van der Waals surface area contributed by atoms with Crippen LogP contribution >= 0.6 is 0 Å². The van der Waals surface area contributed by atoms with Gasteiger partial charge in [0.15, 0.2) is 18.1 Å². The maximum atomic E-state index is 12.6. The zero-order valence-electron chi connectivity index (χ0n) is 15.3. The highest BCUT2D eigenvalue weighted by molar-refractivity contribution is 5.89. The van der Waals surface area contributed by atoms with Gasteiger partial charge >= 0.3 is 11.7 Å². The third-order valence-electron chi connectivity index (χ3n) is 4.91. The van der Waals surface area contributed by atoms with Crippen LogP contribution in [0.5, 0.6) is 0 Å². The molecule has 0 aliphatic carbocycles. The molecule has 1 fully saturated rings. The molecule has 1 aliphatic heterocycles. The van der Waals surface area contributed by atoms with Crippen LogP contribution in [0.2, 0.25) is 0 Å². The van der Waals surface area contributed by atoms with Crippen molar-refractivity contribution in [2.24, 2.45) is 11.0 Å². The van der Waals surface area contributed by atoms with Gasteiger partial charge in [0.1, 0.15) is 0 Å². The molecule has 0 amide bonds. The van der Waals surface area contributed by atoms with E-state index in [9.17, 15) is 14.4 Å². The summed E-state index contributed by atoms with van der Waals surface area (Å²) in [6.45, 7) is 3.48. The van der Waals surface area contributed by atoms with Gasteiger partial charge in [0.2, 0.25) is 0 Å². The van der Waals surface area contributed by atoms with Crippen LogP contribution in [0.15, 0.2) is 57.3 Å². The number of carbonyl (C=O) groups is 1. The van der Waals surface area contributed by atoms with E-state index < -0.39 is 41.2 Å². The number of esters is 1. The number of aromatic amines is 1. The summed E-state index contributed by atoms with van der Waals surface area (Å²) in [4.78, 5) is 41.3. The van der Waals surface area contributed by atoms with Gasteiger partial charge in [-0.15, -0.1) is 0 Å². The second-order valence-electron chi connectivity index (χ2n) is 6.44. The van der Waals surface area contributed by atoms with E-state index in [1.165, 1.54) is 6.20 Å². The Kier molecular flexibility index (Phi) is 5.34. The molecule has 10 nitrogen and oxygen atoms in total. The average Bonchev–Trinajstić information content (AvgIpc) is 2.95. The summed E-state index contributed by atoms with van der Waals surface area (Å²) in [5.41, 5.74) is 6.72. The van der Waals surface area contributed by atoms with Crippen LogP contribution in [-0.4, -0.2) is 27.3 Å². The standard InChI is InChI=1S/C18H19N5O5/c1-3-18(21-22-19)11(2)14(27-16(25)12-7-5-4-6-8-12)15(28-18)23-10-9-13(24)20-17(23)26/h4-11,14-15H,3H2,1-2H3,(H,20,24,26)/t11-,14?,15?,18+/m0/s1. The average molecular weight is 385 g/mol. The fourth-order valence-electron chi connectivity index (χ4n) is 3.32. The second kappa shape index (κ2) is 7.71. The second-order valence-corrected chi connectivity index (χ2v) is 6.44. The van der Waals surface area contributed by atoms with Gasteiger partial charge < -0.3 is 9.47 Å². The van der Waals surface area contributed by atoms with Crippen molar-refractivity contribution >= 4 is 5.97 Å². The van der Waals surface area contributed by atoms with E-state index in [2.05, 4.69) is 15.0 Å². The number of benzene rings is 1. The highest BCUT2D eigenvalue weighted by atomic mass is 16.6. The summed E-state index contributed by atoms with van der Waals surface area (Å²) in [5.74, 6) is -1.15. The predicted molar refractivity (Wildman–Crippen MR) is 98.4 cm³/mol. The Labute approximate surface area is 159 Å². The first-order valence-electron chi connectivity index (χ1n) is 8.73. The summed E-state index contributed by atoms with van der Waals surface area (Å²) in [5, 5.41) is 3.79. The smallest absolute Gasteiger partial charge is 0.338 e. The molecular weight excluding hydrogens is 366 g/mol. The lowest BCUT2D eigenvalue weighted by Crippen LogP contribution is -2.38. The predicted octanol–water partition coefficient (Wildman–Crippen LogP) is 2.34. The molecule has 0 radical (unpaired) electrons. The minimum absolute atomic E-state index is 0.298. The zero-order chi connectivity index (χ0) is 20.3. The first kappa shape index (κ1) is 19.4. The van der Waals surface area contributed by atoms with Crippen molar-refractivity contribution in [3.8, 4) is 0 Å². The number of H-pyrrole nitrogens is 1. The fraction of sp³-hybridized carbons (Fsp3) is 0.389. The van der Waals surface area contributed by atoms with Crippen molar-refractivity contribution in [1.29, 1.82) is 0 Å². The molecule has 2 heterocycles. The number of hydrogen-bond donors (Lipinski definition) is 1.